The average Bonchev–Trinajstić information content (AvgIpc) is 3.31. The van der Waals surface area contributed by atoms with Crippen molar-refractivity contribution in [3.63, 3.8) is 0 Å². The van der Waals surface area contributed by atoms with Gasteiger partial charge in [-0.2, -0.15) is 0 Å². The molecule has 0 spiro atoms. The number of carbonyl (C=O) groups excluding carboxylic acids is 1. The van der Waals surface area contributed by atoms with Crippen LogP contribution in [0.1, 0.15) is 47.4 Å². The van der Waals surface area contributed by atoms with Crippen molar-refractivity contribution in [1.29, 1.82) is 0 Å². The van der Waals surface area contributed by atoms with E-state index in [1.165, 1.54) is 5.01 Å². The fourth-order valence-corrected chi connectivity index (χ4v) is 4.60. The Morgan fingerprint density at radius 3 is 3.26 bits per heavy atom. The van der Waals surface area contributed by atoms with Crippen LogP contribution in [0.15, 0.2) is 29.9 Å². The van der Waals surface area contributed by atoms with E-state index in [0.717, 1.165) is 61.9 Å². The summed E-state index contributed by atoms with van der Waals surface area (Å²) >= 11 is 1.75. The van der Waals surface area contributed by atoms with Crippen LogP contribution in [0.5, 0.6) is 0 Å². The number of aromatic amines is 1. The molecule has 3 aromatic heterocycles. The summed E-state index contributed by atoms with van der Waals surface area (Å²) in [5.74, 6) is -0.0917. The van der Waals surface area contributed by atoms with Crippen LogP contribution in [0, 0.1) is 0 Å². The number of aryl methyl sites for hydroxylation is 1. The topological polar surface area (TPSA) is 73.9 Å². The van der Waals surface area contributed by atoms with Crippen LogP contribution in [0.2, 0.25) is 0 Å². The van der Waals surface area contributed by atoms with Crippen LogP contribution in [-0.2, 0) is 13.0 Å². The Bertz CT molecular complexity index is 918. The second-order valence-corrected chi connectivity index (χ2v) is 8.07. The van der Waals surface area contributed by atoms with Gasteiger partial charge in [0, 0.05) is 47.8 Å². The summed E-state index contributed by atoms with van der Waals surface area (Å²) in [5.41, 5.74) is 2.58. The molecule has 2 N–H and O–H groups in total. The molecule has 1 amide bonds. The molecule has 1 saturated heterocycles. The summed E-state index contributed by atoms with van der Waals surface area (Å²) in [5, 5.41) is 7.45. The fraction of sp³-hybridized carbons (Fsp3) is 0.450. The predicted molar refractivity (Wildman–Crippen MR) is 108 cm³/mol. The van der Waals surface area contributed by atoms with Crippen molar-refractivity contribution in [2.24, 2.45) is 0 Å². The summed E-state index contributed by atoms with van der Waals surface area (Å²) in [6.45, 7) is 4.95. The molecule has 1 fully saturated rings. The number of fused-ring (bicyclic) bond motifs is 1. The molecule has 0 radical (unpaired) electrons. The maximum Gasteiger partial charge on any atom is 0.270 e. The highest BCUT2D eigenvalue weighted by Gasteiger charge is 2.23. The minimum absolute atomic E-state index is 0.0917. The molecule has 7 heteroatoms. The molecule has 27 heavy (non-hydrogen) atoms. The van der Waals surface area contributed by atoms with Crippen molar-refractivity contribution in [2.75, 3.05) is 13.1 Å². The molecule has 1 atom stereocenters. The number of rotatable bonds is 6. The maximum absolute atomic E-state index is 12.7. The van der Waals surface area contributed by atoms with Crippen LogP contribution in [-0.4, -0.2) is 44.9 Å². The zero-order chi connectivity index (χ0) is 18.6. The number of amides is 1. The van der Waals surface area contributed by atoms with Gasteiger partial charge in [-0.1, -0.05) is 6.92 Å². The molecule has 1 aliphatic heterocycles. The zero-order valence-corrected chi connectivity index (χ0v) is 16.4. The number of piperidine rings is 1. The summed E-state index contributed by atoms with van der Waals surface area (Å²) < 4.78 is 0. The van der Waals surface area contributed by atoms with E-state index in [-0.39, 0.29) is 11.9 Å². The van der Waals surface area contributed by atoms with Gasteiger partial charge in [-0.25, -0.2) is 4.98 Å². The molecule has 0 aromatic carbocycles. The Labute approximate surface area is 163 Å². The van der Waals surface area contributed by atoms with Crippen molar-refractivity contribution >= 4 is 28.1 Å². The van der Waals surface area contributed by atoms with E-state index in [1.807, 2.05) is 18.3 Å². The average molecular weight is 384 g/mol. The Balaban J connectivity index is 1.38. The van der Waals surface area contributed by atoms with Crippen LogP contribution >= 0.6 is 11.3 Å². The molecule has 6 nitrogen and oxygen atoms in total. The Kier molecular flexibility index (Phi) is 5.50. The lowest BCUT2D eigenvalue weighted by atomic mass is 10.0. The predicted octanol–water partition coefficient (Wildman–Crippen LogP) is 3.37. The number of hydrogen-bond acceptors (Lipinski definition) is 5. The van der Waals surface area contributed by atoms with Gasteiger partial charge in [-0.3, -0.25) is 14.7 Å². The van der Waals surface area contributed by atoms with Gasteiger partial charge in [0.25, 0.3) is 5.91 Å². The molecule has 0 unspecified atom stereocenters. The van der Waals surface area contributed by atoms with Crippen molar-refractivity contribution in [2.45, 2.75) is 45.2 Å². The van der Waals surface area contributed by atoms with Crippen LogP contribution in [0.4, 0.5) is 0 Å². The summed E-state index contributed by atoms with van der Waals surface area (Å²) in [6.07, 6.45) is 7.79. The number of likely N-dealkylation sites (tertiary alicyclic amines) is 1. The SMILES string of the molecule is CCCc1nc(CN2CCC[C@@H](NC(=O)c3nccc4[nH]ccc34)C2)cs1. The zero-order valence-electron chi connectivity index (χ0n) is 15.6. The lowest BCUT2D eigenvalue weighted by Crippen LogP contribution is -2.47. The lowest BCUT2D eigenvalue weighted by molar-refractivity contribution is 0.0897. The molecule has 0 bridgehead atoms. The van der Waals surface area contributed by atoms with Gasteiger partial charge in [0.15, 0.2) is 0 Å². The molecule has 1 aliphatic rings. The summed E-state index contributed by atoms with van der Waals surface area (Å²) in [6, 6.07) is 3.94. The first-order chi connectivity index (χ1) is 13.2. The van der Waals surface area contributed by atoms with E-state index in [2.05, 4.69) is 32.5 Å². The summed E-state index contributed by atoms with van der Waals surface area (Å²) in [4.78, 5) is 27.3. The van der Waals surface area contributed by atoms with E-state index in [9.17, 15) is 4.79 Å². The highest BCUT2D eigenvalue weighted by atomic mass is 32.1. The number of H-pyrrole nitrogens is 1. The van der Waals surface area contributed by atoms with E-state index < -0.39 is 0 Å². The molecule has 3 aromatic rings. The highest BCUT2D eigenvalue weighted by Crippen LogP contribution is 2.19. The minimum atomic E-state index is -0.0917. The van der Waals surface area contributed by atoms with Gasteiger partial charge in [-0.05, 0) is 44.4 Å². The Hall–Kier alpha value is -2.25. The lowest BCUT2D eigenvalue weighted by Gasteiger charge is -2.32. The quantitative estimate of drug-likeness (QED) is 0.684. The Morgan fingerprint density at radius 2 is 2.37 bits per heavy atom. The highest BCUT2D eigenvalue weighted by molar-refractivity contribution is 7.09. The number of pyridine rings is 1. The molecular formula is C20H25N5OS. The minimum Gasteiger partial charge on any atom is -0.361 e. The van der Waals surface area contributed by atoms with E-state index >= 15 is 0 Å². The van der Waals surface area contributed by atoms with Crippen LogP contribution in [0.3, 0.4) is 0 Å². The van der Waals surface area contributed by atoms with E-state index in [4.69, 9.17) is 4.98 Å². The molecule has 4 heterocycles. The first-order valence-electron chi connectivity index (χ1n) is 9.61. The summed E-state index contributed by atoms with van der Waals surface area (Å²) in [7, 11) is 0. The van der Waals surface area contributed by atoms with Gasteiger partial charge in [0.2, 0.25) is 0 Å². The van der Waals surface area contributed by atoms with Crippen molar-refractivity contribution < 1.29 is 4.79 Å². The maximum atomic E-state index is 12.7. The van der Waals surface area contributed by atoms with E-state index in [0.29, 0.717) is 5.69 Å². The first-order valence-corrected chi connectivity index (χ1v) is 10.5. The van der Waals surface area contributed by atoms with E-state index in [1.54, 1.807) is 17.5 Å². The van der Waals surface area contributed by atoms with Crippen molar-refractivity contribution in [3.05, 3.63) is 46.3 Å². The second kappa shape index (κ2) is 8.19. The smallest absolute Gasteiger partial charge is 0.270 e. The fourth-order valence-electron chi connectivity index (χ4n) is 3.71. The van der Waals surface area contributed by atoms with Crippen molar-refractivity contribution in [1.82, 2.24) is 25.2 Å². The molecule has 0 aliphatic carbocycles. The van der Waals surface area contributed by atoms with Crippen LogP contribution < -0.4 is 5.32 Å². The largest absolute Gasteiger partial charge is 0.361 e. The van der Waals surface area contributed by atoms with Crippen molar-refractivity contribution in [3.8, 4) is 0 Å². The number of thiazole rings is 1. The molecule has 4 rings (SSSR count). The second-order valence-electron chi connectivity index (χ2n) is 7.13. The van der Waals surface area contributed by atoms with Crippen LogP contribution in [0.25, 0.3) is 10.9 Å². The third kappa shape index (κ3) is 4.20. The molecule has 142 valence electrons. The van der Waals surface area contributed by atoms with Gasteiger partial charge in [0.1, 0.15) is 5.69 Å². The van der Waals surface area contributed by atoms with Gasteiger partial charge >= 0.3 is 0 Å². The number of hydrogen-bond donors (Lipinski definition) is 2. The monoisotopic (exact) mass is 383 g/mol. The molecular weight excluding hydrogens is 358 g/mol. The third-order valence-electron chi connectivity index (χ3n) is 4.98. The van der Waals surface area contributed by atoms with Gasteiger partial charge < -0.3 is 10.3 Å². The standard InChI is InChI=1S/C20H25N5OS/c1-2-4-18-23-15(13-27-18)12-25-10-3-5-14(11-25)24-20(26)19-16-6-8-21-17(16)7-9-22-19/h6-9,13-14,21H,2-5,10-12H2,1H3,(H,24,26)/t14-/m1/s1. The normalized spacial score (nSPS) is 18.0. The Morgan fingerprint density at radius 1 is 1.44 bits per heavy atom. The molecule has 0 saturated carbocycles. The van der Waals surface area contributed by atoms with Gasteiger partial charge in [-0.15, -0.1) is 11.3 Å². The third-order valence-corrected chi connectivity index (χ3v) is 5.94. The number of nitrogens with one attached hydrogen (secondary N) is 2. The first kappa shape index (κ1) is 18.1. The van der Waals surface area contributed by atoms with Gasteiger partial charge in [0.05, 0.1) is 10.7 Å². The number of aromatic nitrogens is 3. The number of nitrogens with zero attached hydrogens (tertiary/aromatic N) is 3. The number of carbonyl (C=O) groups is 1.